The average Bonchev–Trinajstić information content (AvgIpc) is 2.37. The van der Waals surface area contributed by atoms with Crippen LogP contribution in [0.15, 0.2) is 41.3 Å². The van der Waals surface area contributed by atoms with E-state index in [4.69, 9.17) is 10.5 Å². The Kier molecular flexibility index (Phi) is 3.99. The molecule has 0 atom stereocenters. The fourth-order valence-corrected chi connectivity index (χ4v) is 2.94. The number of hydrogen-bond donors (Lipinski definition) is 2. The van der Waals surface area contributed by atoms with Gasteiger partial charge in [0.2, 0.25) is 0 Å². The first kappa shape index (κ1) is 15.0. The number of halogens is 2. The predicted molar refractivity (Wildman–Crippen MR) is 74.6 cm³/mol. The van der Waals surface area contributed by atoms with Crippen molar-refractivity contribution >= 4 is 21.4 Å². The Labute approximate surface area is 120 Å². The maximum absolute atomic E-state index is 13.6. The molecule has 0 saturated carbocycles. The summed E-state index contributed by atoms with van der Waals surface area (Å²) in [4.78, 5) is -1.06. The van der Waals surface area contributed by atoms with Gasteiger partial charge >= 0.3 is 0 Å². The molecule has 3 N–H and O–H groups in total. The van der Waals surface area contributed by atoms with Crippen LogP contribution in [0.25, 0.3) is 0 Å². The van der Waals surface area contributed by atoms with Crippen LogP contribution >= 0.6 is 0 Å². The molecule has 0 spiro atoms. The lowest BCUT2D eigenvalue weighted by Gasteiger charge is -2.13. The summed E-state index contributed by atoms with van der Waals surface area (Å²) in [5, 5.41) is 0. The number of nitrogens with one attached hydrogen (secondary N) is 1. The average molecular weight is 314 g/mol. The maximum atomic E-state index is 13.6. The van der Waals surface area contributed by atoms with Crippen molar-refractivity contribution in [3.05, 3.63) is 48.0 Å². The summed E-state index contributed by atoms with van der Waals surface area (Å²) in [6.07, 6.45) is 0. The fourth-order valence-electron chi connectivity index (χ4n) is 1.74. The number of nitrogen functional groups attached to an aromatic ring is 1. The second-order valence-corrected chi connectivity index (χ2v) is 5.74. The highest BCUT2D eigenvalue weighted by atomic mass is 32.2. The van der Waals surface area contributed by atoms with E-state index in [0.717, 1.165) is 18.2 Å². The van der Waals surface area contributed by atoms with Gasteiger partial charge in [-0.3, -0.25) is 4.72 Å². The number of rotatable bonds is 4. The van der Waals surface area contributed by atoms with Crippen LogP contribution in [0, 0.1) is 11.6 Å². The molecule has 0 bridgehead atoms. The van der Waals surface area contributed by atoms with Crippen molar-refractivity contribution in [2.45, 2.75) is 4.90 Å². The Bertz CT molecular complexity index is 759. The molecular formula is C13H12F2N2O3S. The molecule has 112 valence electrons. The minimum Gasteiger partial charge on any atom is -0.495 e. The zero-order chi connectivity index (χ0) is 15.6. The van der Waals surface area contributed by atoms with Crippen LogP contribution in [0.5, 0.6) is 5.75 Å². The van der Waals surface area contributed by atoms with E-state index in [-0.39, 0.29) is 17.1 Å². The number of benzene rings is 2. The van der Waals surface area contributed by atoms with Crippen molar-refractivity contribution in [3.63, 3.8) is 0 Å². The normalized spacial score (nSPS) is 11.2. The molecule has 0 amide bonds. The molecule has 5 nitrogen and oxygen atoms in total. The first-order valence-electron chi connectivity index (χ1n) is 5.75. The molecule has 21 heavy (non-hydrogen) atoms. The van der Waals surface area contributed by atoms with Gasteiger partial charge < -0.3 is 10.5 Å². The zero-order valence-corrected chi connectivity index (χ0v) is 11.7. The van der Waals surface area contributed by atoms with E-state index in [0.29, 0.717) is 0 Å². The first-order chi connectivity index (χ1) is 9.85. The van der Waals surface area contributed by atoms with Gasteiger partial charge in [-0.15, -0.1) is 0 Å². The Morgan fingerprint density at radius 1 is 1.14 bits per heavy atom. The fraction of sp³-hybridized carbons (Fsp3) is 0.0769. The third-order valence-electron chi connectivity index (χ3n) is 2.66. The molecule has 2 rings (SSSR count). The van der Waals surface area contributed by atoms with Crippen molar-refractivity contribution in [3.8, 4) is 5.75 Å². The smallest absolute Gasteiger partial charge is 0.267 e. The Balaban J connectivity index is 2.50. The molecule has 0 radical (unpaired) electrons. The van der Waals surface area contributed by atoms with E-state index in [1.165, 1.54) is 25.3 Å². The summed E-state index contributed by atoms with van der Waals surface area (Å²) >= 11 is 0. The number of methoxy groups -OCH3 is 1. The summed E-state index contributed by atoms with van der Waals surface area (Å²) in [6, 6.07) is 7.01. The van der Waals surface area contributed by atoms with Gasteiger partial charge in [0, 0.05) is 5.69 Å². The van der Waals surface area contributed by atoms with E-state index in [9.17, 15) is 17.2 Å². The predicted octanol–water partition coefficient (Wildman–Crippen LogP) is 2.36. The number of sulfonamides is 1. The molecule has 0 aliphatic rings. The second kappa shape index (κ2) is 5.57. The lowest BCUT2D eigenvalue weighted by Crippen LogP contribution is -2.17. The molecule has 0 aromatic heterocycles. The van der Waals surface area contributed by atoms with Crippen LogP contribution in [0.2, 0.25) is 0 Å². The number of anilines is 2. The number of ether oxygens (including phenoxy) is 1. The SMILES string of the molecule is COc1ccc(N)cc1NS(=O)(=O)c1c(F)cccc1F. The van der Waals surface area contributed by atoms with Crippen LogP contribution in [-0.2, 0) is 10.0 Å². The molecule has 0 aliphatic carbocycles. The Morgan fingerprint density at radius 2 is 1.76 bits per heavy atom. The minimum atomic E-state index is -4.46. The molecule has 8 heteroatoms. The second-order valence-electron chi connectivity index (χ2n) is 4.12. The minimum absolute atomic E-state index is 0.0137. The highest BCUT2D eigenvalue weighted by Gasteiger charge is 2.25. The van der Waals surface area contributed by atoms with E-state index in [1.807, 2.05) is 0 Å². The van der Waals surface area contributed by atoms with Gasteiger partial charge in [-0.25, -0.2) is 17.2 Å². The van der Waals surface area contributed by atoms with Gasteiger partial charge in [0.1, 0.15) is 17.4 Å². The van der Waals surface area contributed by atoms with Crippen LogP contribution in [0.1, 0.15) is 0 Å². The highest BCUT2D eigenvalue weighted by Crippen LogP contribution is 2.30. The van der Waals surface area contributed by atoms with E-state index in [2.05, 4.69) is 4.72 Å². The molecule has 2 aromatic carbocycles. The Hall–Kier alpha value is -2.35. The van der Waals surface area contributed by atoms with Gasteiger partial charge in [0.25, 0.3) is 10.0 Å². The molecule has 0 unspecified atom stereocenters. The summed E-state index contributed by atoms with van der Waals surface area (Å²) in [6.45, 7) is 0. The van der Waals surface area contributed by atoms with E-state index >= 15 is 0 Å². The van der Waals surface area contributed by atoms with Crippen molar-refractivity contribution < 1.29 is 21.9 Å². The zero-order valence-electron chi connectivity index (χ0n) is 10.9. The van der Waals surface area contributed by atoms with Crippen LogP contribution in [0.4, 0.5) is 20.2 Å². The van der Waals surface area contributed by atoms with Crippen LogP contribution in [0.3, 0.4) is 0 Å². The lowest BCUT2D eigenvalue weighted by molar-refractivity contribution is 0.417. The van der Waals surface area contributed by atoms with Gasteiger partial charge in [-0.1, -0.05) is 6.07 Å². The van der Waals surface area contributed by atoms with Crippen LogP contribution < -0.4 is 15.2 Å². The quantitative estimate of drug-likeness (QED) is 0.849. The molecule has 0 saturated heterocycles. The topological polar surface area (TPSA) is 81.4 Å². The monoisotopic (exact) mass is 314 g/mol. The molecule has 2 aromatic rings. The van der Waals surface area contributed by atoms with Gasteiger partial charge in [0.15, 0.2) is 4.90 Å². The molecule has 0 heterocycles. The third kappa shape index (κ3) is 3.05. The standard InChI is InChI=1S/C13H12F2N2O3S/c1-20-12-6-5-8(16)7-11(12)17-21(18,19)13-9(14)3-2-4-10(13)15/h2-7,17H,16H2,1H3. The van der Waals surface area contributed by atoms with E-state index < -0.39 is 26.6 Å². The number of nitrogens with two attached hydrogens (primary N) is 1. The van der Waals surface area contributed by atoms with Crippen molar-refractivity contribution in [2.24, 2.45) is 0 Å². The largest absolute Gasteiger partial charge is 0.495 e. The van der Waals surface area contributed by atoms with Gasteiger partial charge in [-0.2, -0.15) is 0 Å². The first-order valence-corrected chi connectivity index (χ1v) is 7.24. The lowest BCUT2D eigenvalue weighted by atomic mass is 10.2. The summed E-state index contributed by atoms with van der Waals surface area (Å²) in [5.41, 5.74) is 5.81. The molecule has 0 aliphatic heterocycles. The van der Waals surface area contributed by atoms with E-state index in [1.54, 1.807) is 0 Å². The van der Waals surface area contributed by atoms with Crippen molar-refractivity contribution in [2.75, 3.05) is 17.6 Å². The van der Waals surface area contributed by atoms with Crippen LogP contribution in [-0.4, -0.2) is 15.5 Å². The highest BCUT2D eigenvalue weighted by molar-refractivity contribution is 7.92. The molecular weight excluding hydrogens is 302 g/mol. The molecule has 0 fully saturated rings. The van der Waals surface area contributed by atoms with Gasteiger partial charge in [-0.05, 0) is 30.3 Å². The third-order valence-corrected chi connectivity index (χ3v) is 4.07. The summed E-state index contributed by atoms with van der Waals surface area (Å²) < 4.78 is 58.5. The van der Waals surface area contributed by atoms with Crippen molar-refractivity contribution in [1.29, 1.82) is 0 Å². The number of hydrogen-bond acceptors (Lipinski definition) is 4. The summed E-state index contributed by atoms with van der Waals surface area (Å²) in [7, 11) is -3.13. The summed E-state index contributed by atoms with van der Waals surface area (Å²) in [5.74, 6) is -2.21. The maximum Gasteiger partial charge on any atom is 0.267 e. The van der Waals surface area contributed by atoms with Gasteiger partial charge in [0.05, 0.1) is 12.8 Å². The van der Waals surface area contributed by atoms with Crippen molar-refractivity contribution in [1.82, 2.24) is 0 Å². The Morgan fingerprint density at radius 3 is 2.33 bits per heavy atom.